The maximum Gasteiger partial charge on any atom is 0.249 e. The fourth-order valence-corrected chi connectivity index (χ4v) is 13.2. The maximum atomic E-state index is 8.16. The van der Waals surface area contributed by atoms with E-state index < -0.39 is 6.98 Å². The van der Waals surface area contributed by atoms with Gasteiger partial charge in [-0.1, -0.05) is 153 Å². The standard InChI is InChI=1S/C41H33N4O2.C40H30N4O2.2CH4.HI/c1-41(2,3)26-19-27(44-25-43(4)35-14-8-9-15-36(35)44)21-29(20-26)46-28-17-18-31-30-11-5-7-13-34(30)45(37(31)22-28)40-23-39-33(24-42-40)32-12-6-10-16-38(32)47-39;1-40(2,3)25-18-26(43-24-42-33-12-6-8-14-35(33)43)20-28(19-25)45-27-16-17-30-29-10-4-7-13-34(29)44(36(30)21-27)39-22-38-32(23-41-39)31-11-5-9-15-37(31)46-38;;;/h5-25H,1-4H3;4-24H,1-3H3;2*1H4;1H/q+1;;;;/p-1/i4D3;;;;. The second-order valence-electron chi connectivity index (χ2n) is 25.9. The number of halogens is 1. The van der Waals surface area contributed by atoms with E-state index in [1.165, 1.54) is 10.1 Å². The van der Waals surface area contributed by atoms with Gasteiger partial charge in [0.25, 0.3) is 0 Å². The zero-order valence-corrected chi connectivity index (χ0v) is 54.5. The van der Waals surface area contributed by atoms with Gasteiger partial charge in [-0.3, -0.25) is 13.7 Å². The number of aryl methyl sites for hydroxylation is 1. The van der Waals surface area contributed by atoms with Crippen LogP contribution < -0.4 is 38.0 Å². The van der Waals surface area contributed by atoms with Gasteiger partial charge in [0.1, 0.15) is 69.0 Å². The molecule has 0 aliphatic heterocycles. The molecule has 0 spiro atoms. The van der Waals surface area contributed by atoms with Crippen molar-refractivity contribution in [1.29, 1.82) is 0 Å². The van der Waals surface area contributed by atoms with Crippen LogP contribution in [0.5, 0.6) is 23.0 Å². The van der Waals surface area contributed by atoms with Crippen LogP contribution in [-0.2, 0) is 17.8 Å². The summed E-state index contributed by atoms with van der Waals surface area (Å²) in [6.45, 7) is 10.8. The van der Waals surface area contributed by atoms with Crippen molar-refractivity contribution in [2.45, 2.75) is 67.2 Å². The Hall–Kier alpha value is -11.0. The van der Waals surface area contributed by atoms with E-state index in [-0.39, 0.29) is 49.7 Å². The number of hydrogen-bond acceptors (Lipinski definition) is 7. The highest BCUT2D eigenvalue weighted by Crippen LogP contribution is 2.41. The summed E-state index contributed by atoms with van der Waals surface area (Å²) in [4.78, 5) is 14.5. The first-order chi connectivity index (χ1) is 46.4. The molecule has 96 heavy (non-hydrogen) atoms. The molecule has 0 radical (unpaired) electrons. The van der Waals surface area contributed by atoms with Crippen molar-refractivity contribution in [1.82, 2.24) is 33.2 Å². The first-order valence-electron chi connectivity index (χ1n) is 32.7. The molecule has 0 saturated carbocycles. The van der Waals surface area contributed by atoms with E-state index >= 15 is 0 Å². The van der Waals surface area contributed by atoms with Crippen LogP contribution in [-0.4, -0.2) is 33.2 Å². The van der Waals surface area contributed by atoms with Crippen molar-refractivity contribution in [2.75, 3.05) is 0 Å². The molecule has 474 valence electrons. The van der Waals surface area contributed by atoms with Crippen LogP contribution in [0.15, 0.2) is 264 Å². The molecule has 8 aromatic heterocycles. The lowest BCUT2D eigenvalue weighted by Crippen LogP contribution is -3.00. The van der Waals surface area contributed by atoms with Crippen molar-refractivity contribution in [3.63, 3.8) is 0 Å². The smallest absolute Gasteiger partial charge is 0.249 e. The van der Waals surface area contributed by atoms with Crippen molar-refractivity contribution in [2.24, 2.45) is 6.98 Å². The van der Waals surface area contributed by atoms with Crippen LogP contribution in [0.3, 0.4) is 0 Å². The van der Waals surface area contributed by atoms with E-state index in [1.54, 1.807) is 6.33 Å². The first-order valence-corrected chi connectivity index (χ1v) is 31.2. The molecule has 13 heteroatoms. The zero-order valence-electron chi connectivity index (χ0n) is 55.3. The van der Waals surface area contributed by atoms with E-state index in [0.29, 0.717) is 17.0 Å². The number of fused-ring (bicyclic) bond motifs is 14. The summed E-state index contributed by atoms with van der Waals surface area (Å²) in [6.07, 6.45) is 7.33. The molecule has 0 aliphatic carbocycles. The number of furan rings is 2. The van der Waals surface area contributed by atoms with Gasteiger partial charge in [-0.15, -0.1) is 0 Å². The van der Waals surface area contributed by atoms with Crippen LogP contribution in [0.2, 0.25) is 0 Å². The SMILES string of the molecule is C.C.CC(C)(C)c1cc(Oc2ccc3c4ccccc4n(-c4cc5oc6ccccc6c5cn4)c3c2)cc(-n2cnc3ccccc32)c1.[2H]C([2H])([2H])[n+]1cn(-c2cc(Oc3ccc4c5ccccc5n(-c5cc6oc7ccccc7c6cn5)c4c3)cc(C(C)(C)C)c2)c2ccccc21.[I-]. The summed E-state index contributed by atoms with van der Waals surface area (Å²) in [5.74, 6) is 4.36. The van der Waals surface area contributed by atoms with E-state index in [2.05, 4.69) is 169 Å². The Morgan fingerprint density at radius 2 is 0.823 bits per heavy atom. The number of pyridine rings is 2. The highest BCUT2D eigenvalue weighted by Gasteiger charge is 2.24. The average Bonchev–Trinajstić information content (AvgIpc) is 1.60. The molecule has 8 heterocycles. The Balaban J connectivity index is 0.000000164. The summed E-state index contributed by atoms with van der Waals surface area (Å²) in [5, 5.41) is 8.56. The topological polar surface area (TPSA) is 107 Å². The van der Waals surface area contributed by atoms with Gasteiger partial charge in [0.05, 0.1) is 49.9 Å². The van der Waals surface area contributed by atoms with Crippen LogP contribution in [0.1, 0.15) is 71.6 Å². The lowest BCUT2D eigenvalue weighted by atomic mass is 9.86. The Morgan fingerprint density at radius 1 is 0.385 bits per heavy atom. The van der Waals surface area contributed by atoms with Gasteiger partial charge >= 0.3 is 0 Å². The normalized spacial score (nSPS) is 12.5. The highest BCUT2D eigenvalue weighted by molar-refractivity contribution is 6.12. The Kier molecular flexibility index (Phi) is 14.7. The van der Waals surface area contributed by atoms with Crippen LogP contribution in [0.4, 0.5) is 0 Å². The number of ether oxygens (including phenoxy) is 2. The minimum absolute atomic E-state index is 0. The number of nitrogens with zero attached hydrogens (tertiary/aromatic N) is 8. The molecule has 0 N–H and O–H groups in total. The van der Waals surface area contributed by atoms with Crippen LogP contribution in [0.25, 0.3) is 133 Å². The summed E-state index contributed by atoms with van der Waals surface area (Å²) in [7, 11) is 0. The fourth-order valence-electron chi connectivity index (χ4n) is 13.2. The molecular weight excluding hydrogens is 1300 g/mol. The Bertz CT molecular complexity index is 6160. The number of hydrogen-bond donors (Lipinski definition) is 0. The Morgan fingerprint density at radius 3 is 1.33 bits per heavy atom. The van der Waals surface area contributed by atoms with Gasteiger partial charge in [0.2, 0.25) is 6.33 Å². The predicted molar refractivity (Wildman–Crippen MR) is 388 cm³/mol. The minimum Gasteiger partial charge on any atom is -1.00 e. The predicted octanol–water partition coefficient (Wildman–Crippen LogP) is 18.7. The molecule has 0 amide bonds. The third-order valence-corrected chi connectivity index (χ3v) is 17.9. The van der Waals surface area contributed by atoms with E-state index in [1.807, 2.05) is 145 Å². The van der Waals surface area contributed by atoms with Crippen LogP contribution >= 0.6 is 0 Å². The lowest BCUT2D eigenvalue weighted by molar-refractivity contribution is -0.645. The monoisotopic (exact) mass is 1370 g/mol. The van der Waals surface area contributed by atoms with E-state index in [0.717, 1.165) is 144 Å². The average molecular weight is 1370 g/mol. The summed E-state index contributed by atoms with van der Waals surface area (Å²) >= 11 is 0. The number of rotatable bonds is 8. The molecule has 0 aliphatic rings. The van der Waals surface area contributed by atoms with Gasteiger partial charge in [-0.25, -0.2) is 19.5 Å². The quantitative estimate of drug-likeness (QED) is 0.110. The molecule has 0 atom stereocenters. The van der Waals surface area contributed by atoms with Gasteiger partial charge in [-0.05, 0) is 119 Å². The molecule has 0 saturated heterocycles. The van der Waals surface area contributed by atoms with Gasteiger partial charge in [0, 0.05) is 91.9 Å². The van der Waals surface area contributed by atoms with Crippen molar-refractivity contribution in [3.05, 3.63) is 267 Å². The van der Waals surface area contributed by atoms with E-state index in [9.17, 15) is 0 Å². The number of para-hydroxylation sites is 8. The second kappa shape index (κ2) is 24.1. The van der Waals surface area contributed by atoms with E-state index in [4.69, 9.17) is 32.4 Å². The lowest BCUT2D eigenvalue weighted by Gasteiger charge is -2.22. The molecule has 0 bridgehead atoms. The molecule has 0 fully saturated rings. The zero-order chi connectivity index (χ0) is 65.4. The molecule has 0 unspecified atom stereocenters. The van der Waals surface area contributed by atoms with Gasteiger partial charge < -0.3 is 42.3 Å². The molecule has 18 rings (SSSR count). The molecule has 12 nitrogen and oxygen atoms in total. The van der Waals surface area contributed by atoms with Gasteiger partial charge in [0.15, 0.2) is 11.0 Å². The number of aromatic nitrogens is 8. The summed E-state index contributed by atoms with van der Waals surface area (Å²) in [5.41, 5.74) is 14.5. The van der Waals surface area contributed by atoms with Gasteiger partial charge in [-0.2, -0.15) is 4.57 Å². The largest absolute Gasteiger partial charge is 1.00 e. The first kappa shape index (κ1) is 58.8. The van der Waals surface area contributed by atoms with Crippen molar-refractivity contribution in [3.8, 4) is 46.0 Å². The minimum atomic E-state index is -2.33. The third kappa shape index (κ3) is 10.7. The van der Waals surface area contributed by atoms with Crippen molar-refractivity contribution >= 4 is 110 Å². The molecular formula is C83H71IN8O4. The molecule has 18 aromatic rings. The fraction of sp³-hybridized carbons (Fsp3) is 0.133. The summed E-state index contributed by atoms with van der Waals surface area (Å²) in [6, 6.07) is 77.6. The second-order valence-corrected chi connectivity index (χ2v) is 25.9. The van der Waals surface area contributed by atoms with Crippen LogP contribution in [0, 0.1) is 0 Å². The Labute approximate surface area is 577 Å². The highest BCUT2D eigenvalue weighted by atomic mass is 127. The number of imidazole rings is 2. The van der Waals surface area contributed by atoms with Crippen molar-refractivity contribution < 1.29 is 51.0 Å². The maximum absolute atomic E-state index is 8.16. The third-order valence-electron chi connectivity index (χ3n) is 17.9. The molecule has 10 aromatic carbocycles. The number of benzene rings is 10. The summed E-state index contributed by atoms with van der Waals surface area (Å²) < 4.78 is 60.1.